The van der Waals surface area contributed by atoms with Crippen LogP contribution < -0.4 is 16.4 Å². The van der Waals surface area contributed by atoms with Gasteiger partial charge in [-0.15, -0.1) is 0 Å². The van der Waals surface area contributed by atoms with Gasteiger partial charge < -0.3 is 21.4 Å². The highest BCUT2D eigenvalue weighted by molar-refractivity contribution is 6.09. The number of carbonyl (C=O) groups is 3. The maximum absolute atomic E-state index is 12.7. The van der Waals surface area contributed by atoms with Crippen LogP contribution in [0.25, 0.3) is 50.1 Å². The van der Waals surface area contributed by atoms with Crippen molar-refractivity contribution in [1.82, 2.24) is 30.6 Å². The highest BCUT2D eigenvalue weighted by atomic mass is 16.2. The average molecular weight is 638 g/mol. The summed E-state index contributed by atoms with van der Waals surface area (Å²) in [5.74, 6) is -0.748. The van der Waals surface area contributed by atoms with Crippen molar-refractivity contribution >= 4 is 45.5 Å². The van der Waals surface area contributed by atoms with E-state index in [1.165, 1.54) is 0 Å². The Balaban J connectivity index is 1.18. The summed E-state index contributed by atoms with van der Waals surface area (Å²) in [5.41, 5.74) is 12.7. The van der Waals surface area contributed by atoms with E-state index in [4.69, 9.17) is 10.7 Å². The van der Waals surface area contributed by atoms with Gasteiger partial charge in [-0.25, -0.2) is 4.98 Å². The van der Waals surface area contributed by atoms with Crippen LogP contribution in [0, 0.1) is 0 Å². The Morgan fingerprint density at radius 2 is 1.73 bits per heavy atom. The summed E-state index contributed by atoms with van der Waals surface area (Å²) in [4.78, 5) is 53.3. The predicted molar refractivity (Wildman–Crippen MR) is 188 cm³/mol. The number of H-pyrrole nitrogens is 1. The van der Waals surface area contributed by atoms with Crippen molar-refractivity contribution in [3.05, 3.63) is 120 Å². The van der Waals surface area contributed by atoms with E-state index < -0.39 is 5.91 Å². The van der Waals surface area contributed by atoms with Crippen molar-refractivity contribution < 1.29 is 14.4 Å². The molecule has 48 heavy (non-hydrogen) atoms. The van der Waals surface area contributed by atoms with Crippen molar-refractivity contribution in [1.29, 1.82) is 0 Å². The zero-order valence-corrected chi connectivity index (χ0v) is 26.9. The summed E-state index contributed by atoms with van der Waals surface area (Å²) in [6, 6.07) is 21.0. The molecule has 0 atom stereocenters. The van der Waals surface area contributed by atoms with Gasteiger partial charge in [-0.1, -0.05) is 44.2 Å². The highest BCUT2D eigenvalue weighted by Gasteiger charge is 2.18. The number of carbonyl (C=O) groups excluding carboxylic acids is 3. The summed E-state index contributed by atoms with van der Waals surface area (Å²) in [5, 5.41) is 8.49. The molecule has 6 aromatic rings. The normalized spacial score (nSPS) is 11.4. The second-order valence-corrected chi connectivity index (χ2v) is 11.7. The summed E-state index contributed by atoms with van der Waals surface area (Å²) >= 11 is 0. The number of rotatable bonds is 10. The van der Waals surface area contributed by atoms with E-state index in [1.807, 2.05) is 36.5 Å². The minimum absolute atomic E-state index is 0.134. The molecule has 5 N–H and O–H groups in total. The second kappa shape index (κ2) is 13.7. The molecule has 0 aliphatic heterocycles. The minimum Gasteiger partial charge on any atom is -0.364 e. The molecule has 240 valence electrons. The summed E-state index contributed by atoms with van der Waals surface area (Å²) in [7, 11) is 1.64. The van der Waals surface area contributed by atoms with Crippen LogP contribution in [0.4, 0.5) is 0 Å². The van der Waals surface area contributed by atoms with Gasteiger partial charge >= 0.3 is 0 Å². The minimum atomic E-state index is -0.581. The lowest BCUT2D eigenvalue weighted by molar-refractivity contribution is 0.0945. The van der Waals surface area contributed by atoms with Crippen LogP contribution in [-0.4, -0.2) is 51.2 Å². The van der Waals surface area contributed by atoms with Crippen LogP contribution in [-0.2, 0) is 0 Å². The standard InChI is InChI=1S/C38H35N7O3/c1-22(2)28-16-25(17-29-31(37(47)40-3)21-44-35(28)29)27-11-6-8-23-18-34(43-20-30(23)27)24-13-14-33(42-19-24)38(48)41-15-5-4-9-26-10-7-12-32(45-26)36(39)46/h4,6-14,16-22,44H,5,15H2,1-3H3,(H2,39,46)(H,40,47)(H,41,48)/b9-4+. The van der Waals surface area contributed by atoms with E-state index in [-0.39, 0.29) is 23.4 Å². The molecule has 4 heterocycles. The largest absolute Gasteiger partial charge is 0.364 e. The fourth-order valence-corrected chi connectivity index (χ4v) is 5.70. The Labute approximate surface area is 277 Å². The third kappa shape index (κ3) is 6.54. The van der Waals surface area contributed by atoms with E-state index in [0.717, 1.165) is 49.6 Å². The number of hydrogen-bond donors (Lipinski definition) is 4. The Morgan fingerprint density at radius 3 is 2.48 bits per heavy atom. The lowest BCUT2D eigenvalue weighted by Gasteiger charge is -2.14. The zero-order valence-electron chi connectivity index (χ0n) is 26.9. The number of pyridine rings is 3. The van der Waals surface area contributed by atoms with Gasteiger partial charge in [0.05, 0.1) is 17.0 Å². The molecular weight excluding hydrogens is 602 g/mol. The number of benzene rings is 2. The van der Waals surface area contributed by atoms with Gasteiger partial charge in [0.15, 0.2) is 0 Å². The summed E-state index contributed by atoms with van der Waals surface area (Å²) in [6.45, 7) is 4.70. The van der Waals surface area contributed by atoms with Crippen molar-refractivity contribution in [3.63, 3.8) is 0 Å². The number of fused-ring (bicyclic) bond motifs is 2. The Morgan fingerprint density at radius 1 is 0.896 bits per heavy atom. The number of amides is 3. The molecule has 10 nitrogen and oxygen atoms in total. The molecule has 6 rings (SSSR count). The molecule has 0 spiro atoms. The van der Waals surface area contributed by atoms with Gasteiger partial charge in [0.1, 0.15) is 11.4 Å². The van der Waals surface area contributed by atoms with E-state index in [0.29, 0.717) is 29.9 Å². The molecular formula is C38H35N7O3. The van der Waals surface area contributed by atoms with Crippen molar-refractivity contribution in [2.45, 2.75) is 26.2 Å². The van der Waals surface area contributed by atoms with Gasteiger partial charge in [-0.05, 0) is 83.0 Å². The van der Waals surface area contributed by atoms with Gasteiger partial charge in [0, 0.05) is 54.0 Å². The maximum atomic E-state index is 12.7. The van der Waals surface area contributed by atoms with Gasteiger partial charge in [-0.2, -0.15) is 0 Å². The van der Waals surface area contributed by atoms with Crippen LogP contribution in [0.2, 0.25) is 0 Å². The molecule has 10 heteroatoms. The Bertz CT molecular complexity index is 2200. The lowest BCUT2D eigenvalue weighted by atomic mass is 9.91. The topological polar surface area (TPSA) is 156 Å². The number of nitrogens with one attached hydrogen (secondary N) is 3. The third-order valence-corrected chi connectivity index (χ3v) is 8.19. The lowest BCUT2D eigenvalue weighted by Crippen LogP contribution is -2.24. The average Bonchev–Trinajstić information content (AvgIpc) is 3.54. The van der Waals surface area contributed by atoms with Crippen LogP contribution >= 0.6 is 0 Å². The smallest absolute Gasteiger partial charge is 0.269 e. The number of aromatic amines is 1. The molecule has 0 fully saturated rings. The highest BCUT2D eigenvalue weighted by Crippen LogP contribution is 2.36. The predicted octanol–water partition coefficient (Wildman–Crippen LogP) is 6.26. The van der Waals surface area contributed by atoms with Crippen molar-refractivity contribution in [2.24, 2.45) is 5.73 Å². The Kier molecular flexibility index (Phi) is 9.06. The molecule has 2 aromatic carbocycles. The van der Waals surface area contributed by atoms with E-state index in [9.17, 15) is 14.4 Å². The first kappa shape index (κ1) is 31.8. The van der Waals surface area contributed by atoms with Crippen molar-refractivity contribution in [2.75, 3.05) is 13.6 Å². The molecule has 0 saturated heterocycles. The van der Waals surface area contributed by atoms with Crippen LogP contribution in [0.3, 0.4) is 0 Å². The zero-order chi connectivity index (χ0) is 33.8. The van der Waals surface area contributed by atoms with Gasteiger partial charge in [0.2, 0.25) is 0 Å². The SMILES string of the molecule is CNC(=O)c1c[nH]c2c(C(C)C)cc(-c3cccc4cc(-c5ccc(C(=O)NCC/C=C/c6cccc(C(N)=O)n6)nc5)ncc34)cc12. The quantitative estimate of drug-likeness (QED) is 0.130. The Hall–Kier alpha value is -6.16. The fourth-order valence-electron chi connectivity index (χ4n) is 5.70. The molecule has 0 aliphatic carbocycles. The molecule has 4 aromatic heterocycles. The van der Waals surface area contributed by atoms with E-state index in [2.05, 4.69) is 57.6 Å². The number of nitrogens with zero attached hydrogens (tertiary/aromatic N) is 3. The van der Waals surface area contributed by atoms with Crippen molar-refractivity contribution in [3.8, 4) is 22.4 Å². The molecule has 0 radical (unpaired) electrons. The van der Waals surface area contributed by atoms with E-state index >= 15 is 0 Å². The number of aromatic nitrogens is 4. The number of hydrogen-bond acceptors (Lipinski definition) is 6. The fraction of sp³-hybridized carbons (Fsp3) is 0.158. The maximum Gasteiger partial charge on any atom is 0.269 e. The monoisotopic (exact) mass is 637 g/mol. The molecule has 0 unspecified atom stereocenters. The number of primary amides is 1. The van der Waals surface area contributed by atoms with Crippen LogP contribution in [0.15, 0.2) is 91.4 Å². The molecule has 3 amide bonds. The third-order valence-electron chi connectivity index (χ3n) is 8.19. The van der Waals surface area contributed by atoms with Crippen LogP contribution in [0.1, 0.15) is 68.8 Å². The van der Waals surface area contributed by atoms with E-state index in [1.54, 1.807) is 49.8 Å². The second-order valence-electron chi connectivity index (χ2n) is 11.7. The first-order chi connectivity index (χ1) is 23.2. The summed E-state index contributed by atoms with van der Waals surface area (Å²) < 4.78 is 0. The number of nitrogens with two attached hydrogens (primary N) is 1. The van der Waals surface area contributed by atoms with Crippen LogP contribution in [0.5, 0.6) is 0 Å². The first-order valence-electron chi connectivity index (χ1n) is 15.7. The molecule has 0 aliphatic rings. The first-order valence-corrected chi connectivity index (χ1v) is 15.7. The molecule has 0 saturated carbocycles. The summed E-state index contributed by atoms with van der Waals surface area (Å²) in [6.07, 6.45) is 9.50. The van der Waals surface area contributed by atoms with Gasteiger partial charge in [-0.3, -0.25) is 24.4 Å². The van der Waals surface area contributed by atoms with Gasteiger partial charge in [0.25, 0.3) is 17.7 Å². The molecule has 0 bridgehead atoms.